The number of anilines is 2. The summed E-state index contributed by atoms with van der Waals surface area (Å²) in [5, 5.41) is 21.6. The lowest BCUT2D eigenvalue weighted by atomic mass is 10.2. The summed E-state index contributed by atoms with van der Waals surface area (Å²) < 4.78 is 51.7. The van der Waals surface area contributed by atoms with Crippen LogP contribution in [0.25, 0.3) is 0 Å². The van der Waals surface area contributed by atoms with Gasteiger partial charge in [0.1, 0.15) is 11.5 Å². The summed E-state index contributed by atoms with van der Waals surface area (Å²) in [6.07, 6.45) is -5.41. The number of thioether (sulfide) groups is 1. The minimum atomic E-state index is -4.73. The maximum atomic E-state index is 12.2. The van der Waals surface area contributed by atoms with E-state index in [0.29, 0.717) is 27.5 Å². The number of rotatable bonds is 11. The van der Waals surface area contributed by atoms with Gasteiger partial charge in [-0.3, -0.25) is 0 Å². The van der Waals surface area contributed by atoms with Crippen molar-refractivity contribution in [1.29, 1.82) is 0 Å². The van der Waals surface area contributed by atoms with Crippen LogP contribution >= 0.6 is 23.1 Å². The molecule has 0 saturated carbocycles. The first-order valence-electron chi connectivity index (χ1n) is 9.28. The molecule has 0 amide bonds. The Kier molecular flexibility index (Phi) is 8.56. The highest BCUT2D eigenvalue weighted by Crippen LogP contribution is 2.29. The molecule has 0 aliphatic carbocycles. The topological polar surface area (TPSA) is 85.7 Å². The molecular formula is C20H20F3N3O4S2. The molecule has 0 spiro atoms. The molecule has 1 unspecified atom stereocenters. The van der Waals surface area contributed by atoms with Crippen LogP contribution in [0.2, 0.25) is 0 Å². The normalized spacial score (nSPS) is 12.4. The molecule has 1 atom stereocenters. The summed E-state index contributed by atoms with van der Waals surface area (Å²) in [6, 6.07) is 12.8. The highest BCUT2D eigenvalue weighted by Gasteiger charge is 2.30. The number of nitrogens with one attached hydrogen (secondary N) is 1. The molecule has 3 rings (SSSR count). The Bertz CT molecular complexity index is 969. The van der Waals surface area contributed by atoms with E-state index in [9.17, 15) is 18.3 Å². The zero-order valence-electron chi connectivity index (χ0n) is 16.8. The van der Waals surface area contributed by atoms with Crippen LogP contribution < -0.4 is 14.8 Å². The van der Waals surface area contributed by atoms with Crippen molar-refractivity contribution in [2.45, 2.75) is 23.4 Å². The van der Waals surface area contributed by atoms with E-state index in [1.807, 2.05) is 24.3 Å². The number of aromatic nitrogens is 2. The summed E-state index contributed by atoms with van der Waals surface area (Å²) in [4.78, 5) is 0. The Hall–Kier alpha value is -2.54. The number of methoxy groups -OCH3 is 1. The standard InChI is InChI=1S/C20H20F3N3O4S2/c1-28-16-6-2-13(3-7-16)10-29-11-15(27)12-31-19-26-25-18(32-19)24-14-4-8-17(9-5-14)30-20(21,22)23/h2-9,15,27H,10-12H2,1H3,(H,24,25). The van der Waals surface area contributed by atoms with Gasteiger partial charge in [-0.05, 0) is 42.0 Å². The number of hydrogen-bond acceptors (Lipinski definition) is 9. The Balaban J connectivity index is 1.38. The SMILES string of the molecule is COc1ccc(COCC(O)CSc2nnc(Nc3ccc(OC(F)(F)F)cc3)s2)cc1. The van der Waals surface area contributed by atoms with Gasteiger partial charge in [-0.15, -0.1) is 23.4 Å². The summed E-state index contributed by atoms with van der Waals surface area (Å²) in [5.74, 6) is 0.837. The number of alkyl halides is 3. The van der Waals surface area contributed by atoms with Crippen LogP contribution in [0.3, 0.4) is 0 Å². The average molecular weight is 488 g/mol. The number of halogens is 3. The third kappa shape index (κ3) is 8.19. The highest BCUT2D eigenvalue weighted by molar-refractivity contribution is 8.01. The van der Waals surface area contributed by atoms with Crippen molar-refractivity contribution in [3.8, 4) is 11.5 Å². The lowest BCUT2D eigenvalue weighted by Gasteiger charge is -2.10. The van der Waals surface area contributed by atoms with Gasteiger partial charge >= 0.3 is 6.36 Å². The van der Waals surface area contributed by atoms with E-state index >= 15 is 0 Å². The van der Waals surface area contributed by atoms with Crippen molar-refractivity contribution < 1.29 is 32.5 Å². The molecule has 7 nitrogen and oxygen atoms in total. The van der Waals surface area contributed by atoms with Crippen LogP contribution in [0.15, 0.2) is 52.9 Å². The van der Waals surface area contributed by atoms with E-state index in [-0.39, 0.29) is 12.4 Å². The molecule has 0 radical (unpaired) electrons. The summed E-state index contributed by atoms with van der Waals surface area (Å²) in [7, 11) is 1.60. The van der Waals surface area contributed by atoms with E-state index in [4.69, 9.17) is 9.47 Å². The minimum Gasteiger partial charge on any atom is -0.497 e. The van der Waals surface area contributed by atoms with Crippen molar-refractivity contribution in [1.82, 2.24) is 10.2 Å². The highest BCUT2D eigenvalue weighted by atomic mass is 32.2. The van der Waals surface area contributed by atoms with E-state index in [0.717, 1.165) is 11.3 Å². The molecule has 0 bridgehead atoms. The fourth-order valence-electron chi connectivity index (χ4n) is 2.43. The zero-order valence-corrected chi connectivity index (χ0v) is 18.5. The second-order valence-electron chi connectivity index (χ2n) is 6.40. The monoisotopic (exact) mass is 487 g/mol. The van der Waals surface area contributed by atoms with E-state index in [2.05, 4.69) is 20.3 Å². The van der Waals surface area contributed by atoms with Gasteiger partial charge in [-0.2, -0.15) is 0 Å². The van der Waals surface area contributed by atoms with Crippen molar-refractivity contribution >= 4 is 33.9 Å². The lowest BCUT2D eigenvalue weighted by Crippen LogP contribution is -2.17. The van der Waals surface area contributed by atoms with Crippen molar-refractivity contribution in [2.24, 2.45) is 0 Å². The third-order valence-corrected chi connectivity index (χ3v) is 6.00. The zero-order chi connectivity index (χ0) is 23.0. The van der Waals surface area contributed by atoms with Gasteiger partial charge in [-0.1, -0.05) is 35.2 Å². The first kappa shape index (κ1) is 24.1. The molecule has 32 heavy (non-hydrogen) atoms. The van der Waals surface area contributed by atoms with E-state index < -0.39 is 12.5 Å². The van der Waals surface area contributed by atoms with Gasteiger partial charge in [0, 0.05) is 11.4 Å². The maximum Gasteiger partial charge on any atom is 0.573 e. The molecule has 3 aromatic rings. The van der Waals surface area contributed by atoms with Crippen LogP contribution in [-0.4, -0.2) is 47.2 Å². The number of benzene rings is 2. The maximum absolute atomic E-state index is 12.2. The summed E-state index contributed by atoms with van der Waals surface area (Å²) >= 11 is 2.60. The first-order valence-corrected chi connectivity index (χ1v) is 11.1. The molecule has 2 N–H and O–H groups in total. The molecule has 0 aliphatic rings. The van der Waals surface area contributed by atoms with Crippen LogP contribution in [0.5, 0.6) is 11.5 Å². The van der Waals surface area contributed by atoms with Gasteiger partial charge in [0.2, 0.25) is 5.13 Å². The van der Waals surface area contributed by atoms with Crippen LogP contribution in [0.4, 0.5) is 24.0 Å². The number of hydrogen-bond donors (Lipinski definition) is 2. The van der Waals surface area contributed by atoms with Gasteiger partial charge < -0.3 is 24.6 Å². The van der Waals surface area contributed by atoms with Crippen LogP contribution in [0, 0.1) is 0 Å². The second kappa shape index (κ2) is 11.4. The van der Waals surface area contributed by atoms with Gasteiger partial charge in [0.15, 0.2) is 4.34 Å². The van der Waals surface area contributed by atoms with Crippen molar-refractivity contribution in [2.75, 3.05) is 24.8 Å². The quantitative estimate of drug-likeness (QED) is 0.371. The molecule has 0 saturated heterocycles. The Morgan fingerprint density at radius 3 is 2.41 bits per heavy atom. The van der Waals surface area contributed by atoms with Gasteiger partial charge in [0.25, 0.3) is 0 Å². The molecule has 172 valence electrons. The molecular weight excluding hydrogens is 467 g/mol. The minimum absolute atomic E-state index is 0.176. The molecule has 1 heterocycles. The van der Waals surface area contributed by atoms with Gasteiger partial charge in [0.05, 0.1) is 26.4 Å². The molecule has 12 heteroatoms. The first-order chi connectivity index (χ1) is 15.3. The average Bonchev–Trinajstić information content (AvgIpc) is 3.20. The van der Waals surface area contributed by atoms with Crippen LogP contribution in [0.1, 0.15) is 5.56 Å². The Labute approximate surface area is 190 Å². The number of ether oxygens (including phenoxy) is 3. The molecule has 2 aromatic carbocycles. The number of nitrogens with zero attached hydrogens (tertiary/aromatic N) is 2. The van der Waals surface area contributed by atoms with E-state index in [1.165, 1.54) is 47.4 Å². The predicted octanol–water partition coefficient (Wildman–Crippen LogP) is 4.86. The summed E-state index contributed by atoms with van der Waals surface area (Å²) in [5.41, 5.74) is 1.52. The van der Waals surface area contributed by atoms with Crippen molar-refractivity contribution in [3.63, 3.8) is 0 Å². The van der Waals surface area contributed by atoms with Crippen LogP contribution in [-0.2, 0) is 11.3 Å². The molecule has 0 aliphatic heterocycles. The molecule has 1 aromatic heterocycles. The van der Waals surface area contributed by atoms with Gasteiger partial charge in [-0.25, -0.2) is 0 Å². The fraction of sp³-hybridized carbons (Fsp3) is 0.300. The number of aliphatic hydroxyl groups is 1. The Morgan fingerprint density at radius 2 is 1.75 bits per heavy atom. The summed E-state index contributed by atoms with van der Waals surface area (Å²) in [6.45, 7) is 0.556. The largest absolute Gasteiger partial charge is 0.573 e. The molecule has 0 fully saturated rings. The lowest BCUT2D eigenvalue weighted by molar-refractivity contribution is -0.274. The fourth-order valence-corrected chi connectivity index (χ4v) is 4.14. The number of aliphatic hydroxyl groups excluding tert-OH is 1. The Morgan fingerprint density at radius 1 is 1.06 bits per heavy atom. The smallest absolute Gasteiger partial charge is 0.497 e. The third-order valence-electron chi connectivity index (χ3n) is 3.88. The van der Waals surface area contributed by atoms with E-state index in [1.54, 1.807) is 7.11 Å². The predicted molar refractivity (Wildman–Crippen MR) is 116 cm³/mol. The van der Waals surface area contributed by atoms with Crippen molar-refractivity contribution in [3.05, 3.63) is 54.1 Å². The second-order valence-corrected chi connectivity index (χ2v) is 8.64.